The average molecular weight is 200 g/mol. The molecular formula is C11H8N2S. The fourth-order valence-corrected chi connectivity index (χ4v) is 2.13. The lowest BCUT2D eigenvalue weighted by molar-refractivity contribution is 1.39. The van der Waals surface area contributed by atoms with Crippen LogP contribution in [-0.4, -0.2) is 4.98 Å². The monoisotopic (exact) mass is 200 g/mol. The molecule has 2 heterocycles. The molecule has 1 aliphatic heterocycles. The molecule has 3 heteroatoms. The van der Waals surface area contributed by atoms with Crippen LogP contribution in [-0.2, 0) is 0 Å². The highest BCUT2D eigenvalue weighted by Crippen LogP contribution is 2.07. The highest BCUT2D eigenvalue weighted by Gasteiger charge is 1.98. The summed E-state index contributed by atoms with van der Waals surface area (Å²) in [6.45, 7) is 0. The van der Waals surface area contributed by atoms with Gasteiger partial charge in [0.2, 0.25) is 0 Å². The zero-order chi connectivity index (χ0) is 9.38. The van der Waals surface area contributed by atoms with Crippen molar-refractivity contribution in [1.29, 1.82) is 0 Å². The standard InChI is InChI=1S/C11H8N2S/c1-2-9-10(13-14-7-1)4-3-8-5-6-12-11(8)9/h1-7,12H. The van der Waals surface area contributed by atoms with Crippen molar-refractivity contribution in [3.8, 4) is 0 Å². The Labute approximate surface area is 85.2 Å². The van der Waals surface area contributed by atoms with E-state index < -0.39 is 0 Å². The van der Waals surface area contributed by atoms with Crippen LogP contribution in [0.5, 0.6) is 0 Å². The van der Waals surface area contributed by atoms with Gasteiger partial charge >= 0.3 is 0 Å². The van der Waals surface area contributed by atoms with Gasteiger partial charge in [-0.3, -0.25) is 0 Å². The molecule has 1 aromatic heterocycles. The van der Waals surface area contributed by atoms with Gasteiger partial charge in [-0.25, -0.2) is 4.40 Å². The van der Waals surface area contributed by atoms with E-state index in [1.54, 1.807) is 0 Å². The number of nitrogens with one attached hydrogen (secondary N) is 1. The smallest absolute Gasteiger partial charge is 0.0810 e. The molecule has 0 radical (unpaired) electrons. The Morgan fingerprint density at radius 2 is 2.21 bits per heavy atom. The number of aromatic amines is 1. The molecule has 1 aliphatic rings. The number of fused-ring (bicyclic) bond motifs is 3. The summed E-state index contributed by atoms with van der Waals surface area (Å²) in [4.78, 5) is 3.24. The van der Waals surface area contributed by atoms with Crippen LogP contribution < -0.4 is 10.6 Å². The molecule has 1 N–H and O–H groups in total. The van der Waals surface area contributed by atoms with Gasteiger partial charge in [-0.15, -0.1) is 0 Å². The van der Waals surface area contributed by atoms with Gasteiger partial charge in [-0.05, 0) is 17.5 Å². The number of allylic oxidation sites excluding steroid dienone is 1. The van der Waals surface area contributed by atoms with Crippen molar-refractivity contribution in [1.82, 2.24) is 4.98 Å². The van der Waals surface area contributed by atoms with E-state index >= 15 is 0 Å². The topological polar surface area (TPSA) is 28.1 Å². The maximum absolute atomic E-state index is 4.40. The first-order valence-corrected chi connectivity index (χ1v) is 5.26. The van der Waals surface area contributed by atoms with Gasteiger partial charge in [-0.2, -0.15) is 0 Å². The first kappa shape index (κ1) is 7.88. The summed E-state index contributed by atoms with van der Waals surface area (Å²) in [5, 5.41) is 5.42. The Morgan fingerprint density at radius 1 is 1.21 bits per heavy atom. The van der Waals surface area contributed by atoms with Crippen molar-refractivity contribution < 1.29 is 0 Å². The molecule has 0 unspecified atom stereocenters. The largest absolute Gasteiger partial charge is 0.361 e. The van der Waals surface area contributed by atoms with Crippen molar-refractivity contribution in [3.63, 3.8) is 0 Å². The maximum atomic E-state index is 4.40. The molecule has 0 aliphatic carbocycles. The predicted molar refractivity (Wildman–Crippen MR) is 60.3 cm³/mol. The summed E-state index contributed by atoms with van der Waals surface area (Å²) < 4.78 is 4.40. The van der Waals surface area contributed by atoms with E-state index in [9.17, 15) is 0 Å². The molecule has 0 amide bonds. The van der Waals surface area contributed by atoms with Crippen molar-refractivity contribution in [2.75, 3.05) is 0 Å². The van der Waals surface area contributed by atoms with Crippen LogP contribution in [0.25, 0.3) is 17.0 Å². The normalized spacial score (nSPS) is 14.3. The third-order valence-electron chi connectivity index (χ3n) is 2.30. The number of H-pyrrole nitrogens is 1. The number of aromatic nitrogens is 1. The fraction of sp³-hybridized carbons (Fsp3) is 0. The lowest BCUT2D eigenvalue weighted by Crippen LogP contribution is -2.24. The number of hydrogen-bond donors (Lipinski definition) is 1. The second-order valence-electron chi connectivity index (χ2n) is 3.13. The Kier molecular flexibility index (Phi) is 1.70. The lowest BCUT2D eigenvalue weighted by atomic mass is 10.2. The summed E-state index contributed by atoms with van der Waals surface area (Å²) in [5.74, 6) is 0. The number of nitrogens with zero attached hydrogens (tertiary/aromatic N) is 1. The molecule has 0 bridgehead atoms. The Bertz CT molecular complexity index is 622. The molecular weight excluding hydrogens is 192 g/mol. The number of hydrogen-bond acceptors (Lipinski definition) is 2. The number of rotatable bonds is 0. The third-order valence-corrected chi connectivity index (χ3v) is 2.88. The molecule has 68 valence electrons. The highest BCUT2D eigenvalue weighted by atomic mass is 32.2. The average Bonchev–Trinajstić information content (AvgIpc) is 2.55. The van der Waals surface area contributed by atoms with Crippen LogP contribution in [0.2, 0.25) is 0 Å². The van der Waals surface area contributed by atoms with Crippen LogP contribution in [0, 0.1) is 0 Å². The molecule has 2 nitrogen and oxygen atoms in total. The summed E-state index contributed by atoms with van der Waals surface area (Å²) in [6.07, 6.45) is 6.08. The van der Waals surface area contributed by atoms with Gasteiger partial charge in [0.25, 0.3) is 0 Å². The van der Waals surface area contributed by atoms with Crippen LogP contribution >= 0.6 is 11.9 Å². The van der Waals surface area contributed by atoms with Crippen molar-refractivity contribution in [2.45, 2.75) is 0 Å². The van der Waals surface area contributed by atoms with Crippen LogP contribution in [0.15, 0.2) is 40.3 Å². The quantitative estimate of drug-likeness (QED) is 0.645. The second-order valence-corrected chi connectivity index (χ2v) is 3.80. The lowest BCUT2D eigenvalue weighted by Gasteiger charge is -1.91. The van der Waals surface area contributed by atoms with Gasteiger partial charge in [0.05, 0.1) is 10.9 Å². The minimum Gasteiger partial charge on any atom is -0.361 e. The van der Waals surface area contributed by atoms with E-state index in [-0.39, 0.29) is 0 Å². The van der Waals surface area contributed by atoms with Crippen molar-refractivity contribution >= 4 is 28.9 Å². The molecule has 0 saturated carbocycles. The summed E-state index contributed by atoms with van der Waals surface area (Å²) in [6, 6.07) is 6.22. The minimum atomic E-state index is 1.04. The van der Waals surface area contributed by atoms with Gasteiger partial charge in [0, 0.05) is 28.7 Å². The van der Waals surface area contributed by atoms with Crippen molar-refractivity contribution in [3.05, 3.63) is 46.5 Å². The molecule has 2 aromatic rings. The van der Waals surface area contributed by atoms with E-state index in [0.717, 1.165) is 5.36 Å². The van der Waals surface area contributed by atoms with Crippen LogP contribution in [0.1, 0.15) is 0 Å². The zero-order valence-electron chi connectivity index (χ0n) is 7.40. The summed E-state index contributed by atoms with van der Waals surface area (Å²) in [7, 11) is 0. The van der Waals surface area contributed by atoms with Gasteiger partial charge in [0.1, 0.15) is 0 Å². The Morgan fingerprint density at radius 3 is 3.21 bits per heavy atom. The first-order chi connectivity index (χ1) is 6.95. The molecule has 0 fully saturated rings. The molecule has 0 spiro atoms. The van der Waals surface area contributed by atoms with E-state index in [4.69, 9.17) is 0 Å². The maximum Gasteiger partial charge on any atom is 0.0810 e. The molecule has 0 atom stereocenters. The Balaban J connectivity index is 2.60. The van der Waals surface area contributed by atoms with Crippen LogP contribution in [0.4, 0.5) is 0 Å². The van der Waals surface area contributed by atoms with Gasteiger partial charge < -0.3 is 4.98 Å². The van der Waals surface area contributed by atoms with Gasteiger partial charge in [0.15, 0.2) is 0 Å². The van der Waals surface area contributed by atoms with E-state index in [1.807, 2.05) is 17.7 Å². The third kappa shape index (κ3) is 1.09. The first-order valence-electron chi connectivity index (χ1n) is 4.42. The van der Waals surface area contributed by atoms with E-state index in [0.29, 0.717) is 0 Å². The SMILES string of the molecule is C1=CSN=c2ccc3cc[nH]c3c2=C1. The Hall–Kier alpha value is -1.48. The summed E-state index contributed by atoms with van der Waals surface area (Å²) >= 11 is 1.47. The fourth-order valence-electron chi connectivity index (χ4n) is 1.65. The number of benzene rings is 1. The van der Waals surface area contributed by atoms with Crippen LogP contribution in [0.3, 0.4) is 0 Å². The van der Waals surface area contributed by atoms with E-state index in [1.165, 1.54) is 28.1 Å². The van der Waals surface area contributed by atoms with Gasteiger partial charge in [-0.1, -0.05) is 18.2 Å². The molecule has 0 saturated heterocycles. The second kappa shape index (κ2) is 3.03. The predicted octanol–water partition coefficient (Wildman–Crippen LogP) is 1.74. The molecule has 14 heavy (non-hydrogen) atoms. The van der Waals surface area contributed by atoms with Crippen molar-refractivity contribution in [2.24, 2.45) is 4.40 Å². The molecule has 1 aromatic carbocycles. The van der Waals surface area contributed by atoms with E-state index in [2.05, 4.69) is 33.7 Å². The minimum absolute atomic E-state index is 1.04. The highest BCUT2D eigenvalue weighted by molar-refractivity contribution is 8.00. The molecule has 3 rings (SSSR count). The summed E-state index contributed by atoms with van der Waals surface area (Å²) in [5.41, 5.74) is 1.17. The zero-order valence-corrected chi connectivity index (χ0v) is 8.21.